The van der Waals surface area contributed by atoms with Crippen molar-refractivity contribution in [2.75, 3.05) is 0 Å². The second-order valence-corrected chi connectivity index (χ2v) is 1.48. The minimum Gasteiger partial charge on any atom is -0.234 e. The summed E-state index contributed by atoms with van der Waals surface area (Å²) in [5, 5.41) is 16.6. The lowest BCUT2D eigenvalue weighted by Gasteiger charge is -1.82. The third-order valence-electron chi connectivity index (χ3n) is 0.908. The van der Waals surface area contributed by atoms with E-state index in [0.29, 0.717) is 0 Å². The molecule has 0 N–H and O–H groups in total. The first-order chi connectivity index (χ1) is 4.88. The number of rotatable bonds is 0. The van der Waals surface area contributed by atoms with Crippen LogP contribution in [0.5, 0.6) is 0 Å². The van der Waals surface area contributed by atoms with E-state index in [9.17, 15) is 0 Å². The highest BCUT2D eigenvalue weighted by molar-refractivity contribution is 6.18. The first kappa shape index (κ1) is 6.18. The molecule has 0 aromatic rings. The second kappa shape index (κ2) is 2.56. The molecule has 0 atom stereocenters. The standard InChI is InChI=1S/C6H2N4/c7-3-5(4-8)6-9-1-2-10-6/h1-2H. The molecule has 4 nitrogen and oxygen atoms in total. The first-order valence-corrected chi connectivity index (χ1v) is 2.49. The fourth-order valence-corrected chi connectivity index (χ4v) is 0.495. The lowest BCUT2D eigenvalue weighted by atomic mass is 10.3. The van der Waals surface area contributed by atoms with E-state index in [4.69, 9.17) is 10.5 Å². The van der Waals surface area contributed by atoms with E-state index in [2.05, 4.69) is 9.98 Å². The second-order valence-electron chi connectivity index (χ2n) is 1.48. The van der Waals surface area contributed by atoms with Gasteiger partial charge < -0.3 is 0 Å². The fraction of sp³-hybridized carbons (Fsp3) is 0. The molecule has 0 saturated carbocycles. The largest absolute Gasteiger partial charge is 0.234 e. The van der Waals surface area contributed by atoms with Gasteiger partial charge in [-0.1, -0.05) is 0 Å². The molecule has 1 rings (SSSR count). The van der Waals surface area contributed by atoms with E-state index in [-0.39, 0.29) is 11.4 Å². The molecule has 0 unspecified atom stereocenters. The van der Waals surface area contributed by atoms with E-state index >= 15 is 0 Å². The maximum absolute atomic E-state index is 8.31. The maximum Gasteiger partial charge on any atom is 0.181 e. The topological polar surface area (TPSA) is 72.3 Å². The lowest BCUT2D eigenvalue weighted by Crippen LogP contribution is -1.76. The summed E-state index contributed by atoms with van der Waals surface area (Å²) in [6.45, 7) is 0. The summed E-state index contributed by atoms with van der Waals surface area (Å²) in [5.41, 5.74) is -0.0509. The predicted molar refractivity (Wildman–Crippen MR) is 35.2 cm³/mol. The van der Waals surface area contributed by atoms with Crippen molar-refractivity contribution < 1.29 is 0 Å². The Morgan fingerprint density at radius 1 is 1.20 bits per heavy atom. The van der Waals surface area contributed by atoms with E-state index < -0.39 is 0 Å². The van der Waals surface area contributed by atoms with Crippen molar-refractivity contribution in [3.63, 3.8) is 0 Å². The van der Waals surface area contributed by atoms with Crippen LogP contribution in [0.3, 0.4) is 0 Å². The highest BCUT2D eigenvalue weighted by atomic mass is 15.0. The van der Waals surface area contributed by atoms with Crippen LogP contribution in [-0.4, -0.2) is 12.4 Å². The van der Waals surface area contributed by atoms with Crippen molar-refractivity contribution in [2.24, 2.45) is 9.98 Å². The summed E-state index contributed by atoms with van der Waals surface area (Å²) in [5.74, 6) is 0.199. The van der Waals surface area contributed by atoms with Gasteiger partial charge in [0.05, 0.1) is 0 Å². The Morgan fingerprint density at radius 2 is 1.70 bits per heavy atom. The lowest BCUT2D eigenvalue weighted by molar-refractivity contribution is 1.25. The van der Waals surface area contributed by atoms with Crippen LogP contribution in [0, 0.1) is 22.7 Å². The number of nitrogens with zero attached hydrogens (tertiary/aromatic N) is 4. The average Bonchev–Trinajstić information content (AvgIpc) is 2.43. The molecule has 0 spiro atoms. The van der Waals surface area contributed by atoms with Crippen LogP contribution in [0.2, 0.25) is 0 Å². The summed E-state index contributed by atoms with van der Waals surface area (Å²) >= 11 is 0. The van der Waals surface area contributed by atoms with Crippen molar-refractivity contribution >= 4 is 12.4 Å². The van der Waals surface area contributed by atoms with Gasteiger partial charge in [0.1, 0.15) is 12.1 Å². The summed E-state index contributed by atoms with van der Waals surface area (Å²) in [4.78, 5) is 7.33. The molecule has 0 radical (unpaired) electrons. The number of aliphatic imine (C=N–C) groups is 2. The van der Waals surface area contributed by atoms with E-state index in [1.165, 1.54) is 12.4 Å². The molecular weight excluding hydrogens is 128 g/mol. The van der Waals surface area contributed by atoms with Crippen LogP contribution >= 0.6 is 0 Å². The van der Waals surface area contributed by atoms with Gasteiger partial charge in [-0.3, -0.25) is 0 Å². The molecule has 0 aliphatic carbocycles. The highest BCUT2D eigenvalue weighted by Crippen LogP contribution is 2.07. The van der Waals surface area contributed by atoms with Gasteiger partial charge in [-0.2, -0.15) is 10.5 Å². The molecule has 0 amide bonds. The Morgan fingerprint density at radius 3 is 2.10 bits per heavy atom. The van der Waals surface area contributed by atoms with Gasteiger partial charge in [-0.25, -0.2) is 9.98 Å². The molecule has 10 heavy (non-hydrogen) atoms. The monoisotopic (exact) mass is 130 g/mol. The van der Waals surface area contributed by atoms with Crippen LogP contribution in [0.15, 0.2) is 21.4 Å². The molecule has 4 heteroatoms. The van der Waals surface area contributed by atoms with Gasteiger partial charge in [-0.15, -0.1) is 0 Å². The highest BCUT2D eigenvalue weighted by Gasteiger charge is 2.03. The zero-order chi connectivity index (χ0) is 7.40. The Hall–Kier alpha value is -1.94. The number of allylic oxidation sites excluding steroid dienone is 1. The van der Waals surface area contributed by atoms with Gasteiger partial charge in [-0.05, 0) is 0 Å². The van der Waals surface area contributed by atoms with Crippen LogP contribution in [0.25, 0.3) is 0 Å². The zero-order valence-electron chi connectivity index (χ0n) is 4.94. The number of nitriles is 2. The van der Waals surface area contributed by atoms with Crippen molar-refractivity contribution in [3.8, 4) is 12.1 Å². The van der Waals surface area contributed by atoms with Gasteiger partial charge in [0.15, 0.2) is 11.4 Å². The fourth-order valence-electron chi connectivity index (χ4n) is 0.495. The third kappa shape index (κ3) is 0.910. The summed E-state index contributed by atoms with van der Waals surface area (Å²) in [6, 6.07) is 3.37. The molecule has 46 valence electrons. The molecule has 1 aliphatic heterocycles. The van der Waals surface area contributed by atoms with Crippen LogP contribution in [0.4, 0.5) is 0 Å². The molecule has 0 aromatic heterocycles. The Bertz CT molecular complexity index is 278. The van der Waals surface area contributed by atoms with Gasteiger partial charge in [0, 0.05) is 12.4 Å². The maximum atomic E-state index is 8.31. The van der Waals surface area contributed by atoms with E-state index in [0.717, 1.165) is 0 Å². The number of hydrogen-bond donors (Lipinski definition) is 0. The van der Waals surface area contributed by atoms with Crippen molar-refractivity contribution in [3.05, 3.63) is 11.4 Å². The molecule has 0 fully saturated rings. The zero-order valence-corrected chi connectivity index (χ0v) is 4.94. The van der Waals surface area contributed by atoms with Gasteiger partial charge in [0.2, 0.25) is 0 Å². The third-order valence-corrected chi connectivity index (χ3v) is 0.908. The van der Waals surface area contributed by atoms with Crippen LogP contribution in [-0.2, 0) is 0 Å². The molecule has 0 aromatic carbocycles. The smallest absolute Gasteiger partial charge is 0.181 e. The molecule has 0 saturated heterocycles. The van der Waals surface area contributed by atoms with E-state index in [1.807, 2.05) is 0 Å². The Labute approximate surface area is 57.4 Å². The SMILES string of the molecule is N#CC(C#N)=C1N=CC=N1. The first-order valence-electron chi connectivity index (χ1n) is 2.49. The molecule has 1 heterocycles. The summed E-state index contributed by atoms with van der Waals surface area (Å²) in [7, 11) is 0. The van der Waals surface area contributed by atoms with Crippen molar-refractivity contribution in [2.45, 2.75) is 0 Å². The van der Waals surface area contributed by atoms with Gasteiger partial charge >= 0.3 is 0 Å². The molecular formula is C6H2N4. The normalized spacial score (nSPS) is 12.8. The van der Waals surface area contributed by atoms with Crippen molar-refractivity contribution in [1.29, 1.82) is 10.5 Å². The Kier molecular flexibility index (Phi) is 1.58. The summed E-state index contributed by atoms with van der Waals surface area (Å²) in [6.07, 6.45) is 2.87. The van der Waals surface area contributed by atoms with Gasteiger partial charge in [0.25, 0.3) is 0 Å². The van der Waals surface area contributed by atoms with Crippen molar-refractivity contribution in [1.82, 2.24) is 0 Å². The number of hydrogen-bond acceptors (Lipinski definition) is 4. The minimum absolute atomic E-state index is 0.0509. The molecule has 0 bridgehead atoms. The van der Waals surface area contributed by atoms with Crippen LogP contribution < -0.4 is 0 Å². The molecule has 1 aliphatic rings. The predicted octanol–water partition coefficient (Wildman–Crippen LogP) is 0.400. The Balaban J connectivity index is 3.10. The average molecular weight is 130 g/mol. The summed E-state index contributed by atoms with van der Waals surface area (Å²) < 4.78 is 0. The van der Waals surface area contributed by atoms with E-state index in [1.54, 1.807) is 12.1 Å². The van der Waals surface area contributed by atoms with Crippen LogP contribution in [0.1, 0.15) is 0 Å². The minimum atomic E-state index is -0.0509. The quantitative estimate of drug-likeness (QED) is 0.445.